The van der Waals surface area contributed by atoms with Crippen molar-refractivity contribution in [2.24, 2.45) is 5.92 Å². The van der Waals surface area contributed by atoms with Gasteiger partial charge in [0.15, 0.2) is 0 Å². The van der Waals surface area contributed by atoms with Crippen LogP contribution in [0.2, 0.25) is 0 Å². The molecular weight excluding hydrogens is 482 g/mol. The van der Waals surface area contributed by atoms with Crippen molar-refractivity contribution in [2.75, 3.05) is 42.5 Å². The van der Waals surface area contributed by atoms with Gasteiger partial charge >= 0.3 is 6.03 Å². The van der Waals surface area contributed by atoms with Crippen molar-refractivity contribution in [1.29, 1.82) is 0 Å². The number of imide groups is 1. The van der Waals surface area contributed by atoms with E-state index >= 15 is 0 Å². The lowest BCUT2D eigenvalue weighted by Gasteiger charge is -2.40. The highest BCUT2D eigenvalue weighted by Crippen LogP contribution is 2.32. The minimum atomic E-state index is -0.595. The summed E-state index contributed by atoms with van der Waals surface area (Å²) in [6.07, 6.45) is 3.61. The molecule has 4 aliphatic rings. The highest BCUT2D eigenvalue weighted by Gasteiger charge is 2.39. The molecule has 1 N–H and O–H groups in total. The SMILES string of the molecule is O=C1CCC(N2Cc3cc(N4CCC(CN5CCCN(c6ccccc6)C5=O)CC4)ccc3C2=O)C(=O)N1. The van der Waals surface area contributed by atoms with E-state index in [1.54, 1.807) is 4.90 Å². The summed E-state index contributed by atoms with van der Waals surface area (Å²) in [6.45, 7) is 4.55. The van der Waals surface area contributed by atoms with Gasteiger partial charge in [-0.3, -0.25) is 24.6 Å². The number of nitrogens with zero attached hydrogens (tertiary/aromatic N) is 4. The zero-order valence-electron chi connectivity index (χ0n) is 21.5. The van der Waals surface area contributed by atoms with Gasteiger partial charge in [0.25, 0.3) is 5.91 Å². The van der Waals surface area contributed by atoms with Crippen LogP contribution >= 0.6 is 0 Å². The molecule has 38 heavy (non-hydrogen) atoms. The van der Waals surface area contributed by atoms with Gasteiger partial charge < -0.3 is 14.7 Å². The van der Waals surface area contributed by atoms with E-state index in [2.05, 4.69) is 16.3 Å². The first-order valence-corrected chi connectivity index (χ1v) is 13.6. The van der Waals surface area contributed by atoms with Crippen molar-refractivity contribution in [2.45, 2.75) is 44.7 Å². The predicted octanol–water partition coefficient (Wildman–Crippen LogP) is 3.00. The maximum absolute atomic E-state index is 13.2. The third kappa shape index (κ3) is 4.61. The van der Waals surface area contributed by atoms with Gasteiger partial charge in [0.05, 0.1) is 0 Å². The second kappa shape index (κ2) is 10.1. The summed E-state index contributed by atoms with van der Waals surface area (Å²) in [5.74, 6) is -0.344. The van der Waals surface area contributed by atoms with Gasteiger partial charge in [0.1, 0.15) is 6.04 Å². The number of amides is 5. The minimum absolute atomic E-state index is 0.105. The number of piperidine rings is 2. The van der Waals surface area contributed by atoms with Gasteiger partial charge in [-0.05, 0) is 67.5 Å². The van der Waals surface area contributed by atoms with Crippen LogP contribution in [0.4, 0.5) is 16.2 Å². The van der Waals surface area contributed by atoms with Crippen LogP contribution in [0.3, 0.4) is 0 Å². The molecule has 6 rings (SSSR count). The fraction of sp³-hybridized carbons (Fsp3) is 0.448. The third-order valence-corrected chi connectivity index (χ3v) is 8.34. The molecule has 3 fully saturated rings. The summed E-state index contributed by atoms with van der Waals surface area (Å²) in [6, 6.07) is 15.4. The van der Waals surface area contributed by atoms with E-state index in [0.717, 1.165) is 68.9 Å². The smallest absolute Gasteiger partial charge is 0.324 e. The van der Waals surface area contributed by atoms with Crippen LogP contribution in [0.25, 0.3) is 0 Å². The Morgan fingerprint density at radius 2 is 1.63 bits per heavy atom. The summed E-state index contributed by atoms with van der Waals surface area (Å²) in [5.41, 5.74) is 3.62. The molecule has 0 bridgehead atoms. The van der Waals surface area contributed by atoms with E-state index in [-0.39, 0.29) is 30.2 Å². The average molecular weight is 516 g/mol. The molecule has 1 unspecified atom stereocenters. The quantitative estimate of drug-likeness (QED) is 0.618. The summed E-state index contributed by atoms with van der Waals surface area (Å²) in [7, 11) is 0. The molecule has 1 atom stereocenters. The molecule has 3 saturated heterocycles. The number of nitrogens with one attached hydrogen (secondary N) is 1. The fourth-order valence-corrected chi connectivity index (χ4v) is 6.24. The Morgan fingerprint density at radius 1 is 0.842 bits per heavy atom. The van der Waals surface area contributed by atoms with Crippen molar-refractivity contribution in [3.8, 4) is 0 Å². The predicted molar refractivity (Wildman–Crippen MR) is 143 cm³/mol. The number of hydrogen-bond donors (Lipinski definition) is 1. The second-order valence-corrected chi connectivity index (χ2v) is 10.7. The first-order chi connectivity index (χ1) is 18.5. The van der Waals surface area contributed by atoms with Crippen molar-refractivity contribution in [3.05, 3.63) is 59.7 Å². The molecule has 9 nitrogen and oxygen atoms in total. The van der Waals surface area contributed by atoms with E-state index in [1.165, 1.54) is 0 Å². The van der Waals surface area contributed by atoms with Crippen LogP contribution < -0.4 is 15.1 Å². The number of rotatable bonds is 5. The third-order valence-electron chi connectivity index (χ3n) is 8.34. The Balaban J connectivity index is 1.06. The normalized spacial score (nSPS) is 22.7. The maximum Gasteiger partial charge on any atom is 0.324 e. The molecule has 0 spiro atoms. The highest BCUT2D eigenvalue weighted by atomic mass is 16.2. The average Bonchev–Trinajstić information content (AvgIpc) is 3.26. The molecule has 198 valence electrons. The molecule has 5 amide bonds. The van der Waals surface area contributed by atoms with Gasteiger partial charge in [-0.15, -0.1) is 0 Å². The first kappa shape index (κ1) is 24.5. The summed E-state index contributed by atoms with van der Waals surface area (Å²) in [4.78, 5) is 57.9. The van der Waals surface area contributed by atoms with E-state index in [4.69, 9.17) is 0 Å². The Morgan fingerprint density at radius 3 is 2.39 bits per heavy atom. The van der Waals surface area contributed by atoms with Crippen LogP contribution in [0.15, 0.2) is 48.5 Å². The van der Waals surface area contributed by atoms with E-state index in [1.807, 2.05) is 52.3 Å². The number of fused-ring (bicyclic) bond motifs is 1. The summed E-state index contributed by atoms with van der Waals surface area (Å²) < 4.78 is 0. The molecule has 9 heteroatoms. The fourth-order valence-electron chi connectivity index (χ4n) is 6.24. The zero-order chi connectivity index (χ0) is 26.2. The number of carbonyl (C=O) groups is 4. The number of hydrogen-bond acceptors (Lipinski definition) is 5. The van der Waals surface area contributed by atoms with Crippen LogP contribution in [0.5, 0.6) is 0 Å². The largest absolute Gasteiger partial charge is 0.372 e. The van der Waals surface area contributed by atoms with Gasteiger partial charge in [-0.2, -0.15) is 0 Å². The standard InChI is InChI=1S/C29H33N5O4/c35-26-10-9-25(27(36)30-26)34-19-21-17-23(7-8-24(21)28(34)37)31-15-11-20(12-16-31)18-32-13-4-14-33(29(32)38)22-5-2-1-3-6-22/h1-3,5-8,17,20,25H,4,9-16,18-19H2,(H,30,35,36). The number of carbonyl (C=O) groups excluding carboxylic acids is 4. The van der Waals surface area contributed by atoms with Crippen LogP contribution in [0.1, 0.15) is 48.0 Å². The molecule has 0 aromatic heterocycles. The molecule has 4 aliphatic heterocycles. The summed E-state index contributed by atoms with van der Waals surface area (Å²) in [5, 5.41) is 2.36. The van der Waals surface area contributed by atoms with E-state index in [9.17, 15) is 19.2 Å². The van der Waals surface area contributed by atoms with Crippen LogP contribution in [-0.4, -0.2) is 72.3 Å². The summed E-state index contributed by atoms with van der Waals surface area (Å²) >= 11 is 0. The van der Waals surface area contributed by atoms with Crippen molar-refractivity contribution in [3.63, 3.8) is 0 Å². The maximum atomic E-state index is 13.2. The number of para-hydroxylation sites is 1. The Hall–Kier alpha value is -3.88. The Bertz CT molecular complexity index is 1260. The number of urea groups is 1. The molecule has 0 radical (unpaired) electrons. The number of anilines is 2. The first-order valence-electron chi connectivity index (χ1n) is 13.6. The lowest BCUT2D eigenvalue weighted by Crippen LogP contribution is -2.52. The van der Waals surface area contributed by atoms with Crippen molar-refractivity contribution in [1.82, 2.24) is 15.1 Å². The molecule has 2 aromatic rings. The van der Waals surface area contributed by atoms with Gasteiger partial charge in [-0.1, -0.05) is 18.2 Å². The lowest BCUT2D eigenvalue weighted by molar-refractivity contribution is -0.136. The van der Waals surface area contributed by atoms with Crippen molar-refractivity contribution < 1.29 is 19.2 Å². The Labute approximate surface area is 222 Å². The van der Waals surface area contributed by atoms with Crippen LogP contribution in [-0.2, 0) is 16.1 Å². The zero-order valence-corrected chi connectivity index (χ0v) is 21.5. The van der Waals surface area contributed by atoms with Crippen molar-refractivity contribution >= 4 is 35.1 Å². The highest BCUT2D eigenvalue weighted by molar-refractivity contribution is 6.05. The minimum Gasteiger partial charge on any atom is -0.372 e. The number of benzene rings is 2. The molecule has 0 saturated carbocycles. The lowest BCUT2D eigenvalue weighted by atomic mass is 9.95. The van der Waals surface area contributed by atoms with E-state index in [0.29, 0.717) is 24.4 Å². The second-order valence-electron chi connectivity index (χ2n) is 10.7. The van der Waals surface area contributed by atoms with E-state index < -0.39 is 6.04 Å². The Kier molecular flexibility index (Phi) is 6.51. The molecule has 4 heterocycles. The van der Waals surface area contributed by atoms with Gasteiger partial charge in [0, 0.05) is 62.6 Å². The monoisotopic (exact) mass is 515 g/mol. The molecule has 2 aromatic carbocycles. The van der Waals surface area contributed by atoms with Gasteiger partial charge in [-0.25, -0.2) is 4.79 Å². The van der Waals surface area contributed by atoms with Crippen LogP contribution in [0, 0.1) is 5.92 Å². The molecule has 0 aliphatic carbocycles. The topological polar surface area (TPSA) is 93.3 Å². The molecular formula is C29H33N5O4. The van der Waals surface area contributed by atoms with Gasteiger partial charge in [0.2, 0.25) is 11.8 Å².